The van der Waals surface area contributed by atoms with Crippen molar-refractivity contribution < 1.29 is 13.5 Å². The van der Waals surface area contributed by atoms with Crippen LogP contribution in [-0.4, -0.2) is 18.8 Å². The van der Waals surface area contributed by atoms with Crippen LogP contribution in [-0.2, 0) is 11.3 Å². The molecule has 0 radical (unpaired) electrons. The van der Waals surface area contributed by atoms with Crippen molar-refractivity contribution >= 4 is 0 Å². The van der Waals surface area contributed by atoms with E-state index in [1.54, 1.807) is 12.1 Å². The van der Waals surface area contributed by atoms with E-state index in [0.717, 1.165) is 12.1 Å². The first-order valence-electron chi connectivity index (χ1n) is 6.16. The van der Waals surface area contributed by atoms with Gasteiger partial charge in [0.05, 0.1) is 5.60 Å². The van der Waals surface area contributed by atoms with Gasteiger partial charge in [-0.2, -0.15) is 0 Å². The second-order valence-corrected chi connectivity index (χ2v) is 4.84. The Labute approximate surface area is 107 Å². The summed E-state index contributed by atoms with van der Waals surface area (Å²) in [5.41, 5.74) is 0.845. The van der Waals surface area contributed by atoms with Crippen LogP contribution in [0.5, 0.6) is 0 Å². The lowest BCUT2D eigenvalue weighted by Gasteiger charge is -2.25. The molecule has 1 rings (SSSR count). The molecule has 102 valence electrons. The normalized spacial score (nSPS) is 12.1. The van der Waals surface area contributed by atoms with Crippen molar-refractivity contribution in [3.63, 3.8) is 0 Å². The van der Waals surface area contributed by atoms with Crippen LogP contribution in [0.15, 0.2) is 24.3 Å². The standard InChI is InChI=1S/C14H21F2NO/c1-4-18-14(2,3)10-17-9-11-5-7-12(8-6-11)13(15)16/h5-8,13,17H,4,9-10H2,1-3H3. The molecule has 0 bridgehead atoms. The van der Waals surface area contributed by atoms with Crippen LogP contribution < -0.4 is 5.32 Å². The Kier molecular flexibility index (Phi) is 5.69. The van der Waals surface area contributed by atoms with Crippen LogP contribution in [0.1, 0.15) is 38.3 Å². The van der Waals surface area contributed by atoms with Crippen LogP contribution in [0.3, 0.4) is 0 Å². The van der Waals surface area contributed by atoms with Crippen molar-refractivity contribution in [3.8, 4) is 0 Å². The Bertz CT molecular complexity index is 349. The van der Waals surface area contributed by atoms with Crippen molar-refractivity contribution in [2.75, 3.05) is 13.2 Å². The molecule has 0 heterocycles. The molecular weight excluding hydrogens is 236 g/mol. The predicted octanol–water partition coefficient (Wildman–Crippen LogP) is 3.53. The molecule has 0 aliphatic carbocycles. The monoisotopic (exact) mass is 257 g/mol. The highest BCUT2D eigenvalue weighted by Gasteiger charge is 2.16. The van der Waals surface area contributed by atoms with E-state index in [9.17, 15) is 8.78 Å². The fourth-order valence-corrected chi connectivity index (χ4v) is 1.73. The predicted molar refractivity (Wildman–Crippen MR) is 68.8 cm³/mol. The largest absolute Gasteiger partial charge is 0.375 e. The van der Waals surface area contributed by atoms with Crippen LogP contribution in [0.2, 0.25) is 0 Å². The Hall–Kier alpha value is -1.00. The number of hydrogen-bond acceptors (Lipinski definition) is 2. The summed E-state index contributed by atoms with van der Waals surface area (Å²) in [7, 11) is 0. The summed E-state index contributed by atoms with van der Waals surface area (Å²) in [6.07, 6.45) is -2.40. The van der Waals surface area contributed by atoms with Crippen molar-refractivity contribution in [3.05, 3.63) is 35.4 Å². The van der Waals surface area contributed by atoms with Crippen molar-refractivity contribution in [2.24, 2.45) is 0 Å². The highest BCUT2D eigenvalue weighted by Crippen LogP contribution is 2.18. The van der Waals surface area contributed by atoms with Gasteiger partial charge in [-0.1, -0.05) is 24.3 Å². The first-order chi connectivity index (χ1) is 8.44. The maximum Gasteiger partial charge on any atom is 0.263 e. The lowest BCUT2D eigenvalue weighted by Crippen LogP contribution is -2.37. The highest BCUT2D eigenvalue weighted by molar-refractivity contribution is 5.23. The van der Waals surface area contributed by atoms with Gasteiger partial charge in [-0.3, -0.25) is 0 Å². The van der Waals surface area contributed by atoms with E-state index < -0.39 is 6.43 Å². The third-order valence-corrected chi connectivity index (χ3v) is 2.65. The van der Waals surface area contributed by atoms with Gasteiger partial charge >= 0.3 is 0 Å². The molecule has 18 heavy (non-hydrogen) atoms. The summed E-state index contributed by atoms with van der Waals surface area (Å²) in [5, 5.41) is 3.26. The number of rotatable bonds is 7. The fourth-order valence-electron chi connectivity index (χ4n) is 1.73. The highest BCUT2D eigenvalue weighted by atomic mass is 19.3. The van der Waals surface area contributed by atoms with Crippen LogP contribution in [0, 0.1) is 0 Å². The molecule has 0 aliphatic rings. The second-order valence-electron chi connectivity index (χ2n) is 4.84. The van der Waals surface area contributed by atoms with Crippen LogP contribution in [0.4, 0.5) is 8.78 Å². The molecule has 0 aromatic heterocycles. The fraction of sp³-hybridized carbons (Fsp3) is 0.571. The average molecular weight is 257 g/mol. The Morgan fingerprint density at radius 1 is 1.22 bits per heavy atom. The van der Waals surface area contributed by atoms with E-state index >= 15 is 0 Å². The molecule has 0 spiro atoms. The second kappa shape index (κ2) is 6.81. The first-order valence-corrected chi connectivity index (χ1v) is 6.16. The molecule has 0 amide bonds. The lowest BCUT2D eigenvalue weighted by molar-refractivity contribution is -0.00897. The number of hydrogen-bond donors (Lipinski definition) is 1. The molecule has 0 aliphatic heterocycles. The molecule has 1 N–H and O–H groups in total. The van der Waals surface area contributed by atoms with E-state index in [1.807, 2.05) is 20.8 Å². The van der Waals surface area contributed by atoms with Crippen LogP contribution in [0.25, 0.3) is 0 Å². The van der Waals surface area contributed by atoms with E-state index in [0.29, 0.717) is 13.2 Å². The van der Waals surface area contributed by atoms with Crippen molar-refractivity contribution in [1.82, 2.24) is 5.32 Å². The summed E-state index contributed by atoms with van der Waals surface area (Å²) in [6, 6.07) is 6.38. The maximum absolute atomic E-state index is 12.4. The van der Waals surface area contributed by atoms with Gasteiger partial charge in [0.15, 0.2) is 0 Å². The molecular formula is C14H21F2NO. The zero-order valence-corrected chi connectivity index (χ0v) is 11.2. The Balaban J connectivity index is 2.40. The molecule has 4 heteroatoms. The van der Waals surface area contributed by atoms with E-state index in [2.05, 4.69) is 5.32 Å². The summed E-state index contributed by atoms with van der Waals surface area (Å²) in [4.78, 5) is 0. The maximum atomic E-state index is 12.4. The number of halogens is 2. The lowest BCUT2D eigenvalue weighted by atomic mass is 10.1. The van der Waals surface area contributed by atoms with Gasteiger partial charge in [0, 0.05) is 25.3 Å². The first kappa shape index (κ1) is 15.1. The van der Waals surface area contributed by atoms with Gasteiger partial charge in [-0.05, 0) is 26.3 Å². The van der Waals surface area contributed by atoms with Crippen molar-refractivity contribution in [2.45, 2.75) is 39.3 Å². The molecule has 0 atom stereocenters. The number of ether oxygens (including phenoxy) is 1. The van der Waals surface area contributed by atoms with Gasteiger partial charge < -0.3 is 10.1 Å². The topological polar surface area (TPSA) is 21.3 Å². The summed E-state index contributed by atoms with van der Waals surface area (Å²) in [5.74, 6) is 0. The number of benzene rings is 1. The van der Waals surface area contributed by atoms with Gasteiger partial charge in [0.1, 0.15) is 0 Å². The minimum atomic E-state index is -2.40. The molecule has 1 aromatic carbocycles. The molecule has 0 saturated heterocycles. The third kappa shape index (κ3) is 5.10. The third-order valence-electron chi connectivity index (χ3n) is 2.65. The number of nitrogens with one attached hydrogen (secondary N) is 1. The summed E-state index contributed by atoms with van der Waals surface area (Å²) >= 11 is 0. The van der Waals surface area contributed by atoms with E-state index in [4.69, 9.17) is 4.74 Å². The van der Waals surface area contributed by atoms with Gasteiger partial charge in [0.2, 0.25) is 0 Å². The number of alkyl halides is 2. The van der Waals surface area contributed by atoms with Gasteiger partial charge in [-0.15, -0.1) is 0 Å². The van der Waals surface area contributed by atoms with Gasteiger partial charge in [0.25, 0.3) is 6.43 Å². The zero-order chi connectivity index (χ0) is 13.6. The Morgan fingerprint density at radius 3 is 2.33 bits per heavy atom. The molecule has 2 nitrogen and oxygen atoms in total. The summed E-state index contributed by atoms with van der Waals surface area (Å²) in [6.45, 7) is 8.05. The van der Waals surface area contributed by atoms with E-state index in [1.165, 1.54) is 12.1 Å². The summed E-state index contributed by atoms with van der Waals surface area (Å²) < 4.78 is 30.3. The van der Waals surface area contributed by atoms with E-state index in [-0.39, 0.29) is 11.2 Å². The molecule has 0 fully saturated rings. The van der Waals surface area contributed by atoms with Gasteiger partial charge in [-0.25, -0.2) is 8.78 Å². The van der Waals surface area contributed by atoms with Crippen molar-refractivity contribution in [1.29, 1.82) is 0 Å². The minimum absolute atomic E-state index is 0.0633. The Morgan fingerprint density at radius 2 is 1.83 bits per heavy atom. The minimum Gasteiger partial charge on any atom is -0.375 e. The quantitative estimate of drug-likeness (QED) is 0.807. The SMILES string of the molecule is CCOC(C)(C)CNCc1ccc(C(F)F)cc1. The molecule has 1 aromatic rings. The average Bonchev–Trinajstić information content (AvgIpc) is 2.29. The smallest absolute Gasteiger partial charge is 0.263 e. The van der Waals surface area contributed by atoms with Crippen LogP contribution >= 0.6 is 0 Å². The zero-order valence-electron chi connectivity index (χ0n) is 11.2. The molecule has 0 unspecified atom stereocenters. The molecule has 0 saturated carbocycles.